The maximum atomic E-state index is 14.4. The molecule has 2 aromatic carbocycles. The molecule has 4 amide bonds. The molecule has 0 spiro atoms. The molecule has 0 unspecified atom stereocenters. The van der Waals surface area contributed by atoms with Gasteiger partial charge in [0.2, 0.25) is 12.7 Å². The lowest BCUT2D eigenvalue weighted by Gasteiger charge is -2.35. The Morgan fingerprint density at radius 2 is 1.63 bits per heavy atom. The molecule has 0 bridgehead atoms. The van der Waals surface area contributed by atoms with Crippen LogP contribution in [0, 0.1) is 11.8 Å². The van der Waals surface area contributed by atoms with Crippen molar-refractivity contribution in [2.75, 3.05) is 50.8 Å². The number of likely N-dealkylation sites (N-methyl/N-ethyl adjacent to an activating group) is 1. The number of benzene rings is 2. The van der Waals surface area contributed by atoms with Crippen molar-refractivity contribution >= 4 is 29.2 Å². The largest absolute Gasteiger partial charge is 0.490 e. The van der Waals surface area contributed by atoms with Crippen LogP contribution in [0.1, 0.15) is 82.5 Å². The number of carbonyl (C=O) groups excluding carboxylic acids is 3. The molecular formula is C37H52N4O8. The van der Waals surface area contributed by atoms with E-state index in [0.29, 0.717) is 40.8 Å². The lowest BCUT2D eigenvalue weighted by Crippen LogP contribution is -2.48. The van der Waals surface area contributed by atoms with Gasteiger partial charge in [-0.15, -0.1) is 0 Å². The number of rotatable bonds is 7. The van der Waals surface area contributed by atoms with Crippen molar-refractivity contribution in [3.63, 3.8) is 0 Å². The molecule has 2 aliphatic heterocycles. The van der Waals surface area contributed by atoms with Gasteiger partial charge in [-0.2, -0.15) is 0 Å². The maximum absolute atomic E-state index is 14.4. The maximum Gasteiger partial charge on any atom is 0.321 e. The number of fused-ring (bicyclic) bond motifs is 2. The number of ether oxygens (including phenoxy) is 4. The molecule has 12 nitrogen and oxygen atoms in total. The zero-order valence-electron chi connectivity index (χ0n) is 29.2. The summed E-state index contributed by atoms with van der Waals surface area (Å²) in [4.78, 5) is 44.0. The van der Waals surface area contributed by atoms with Crippen LogP contribution in [0.2, 0.25) is 0 Å². The molecule has 1 aliphatic carbocycles. The summed E-state index contributed by atoms with van der Waals surface area (Å²) in [6, 6.07) is 9.66. The molecule has 2 heterocycles. The van der Waals surface area contributed by atoms with E-state index in [1.807, 2.05) is 13.8 Å². The highest BCUT2D eigenvalue weighted by Crippen LogP contribution is 2.34. The van der Waals surface area contributed by atoms with E-state index in [2.05, 4.69) is 10.6 Å². The number of aliphatic hydroxyl groups is 1. The smallest absolute Gasteiger partial charge is 0.321 e. The molecule has 0 saturated heterocycles. The van der Waals surface area contributed by atoms with Gasteiger partial charge in [-0.3, -0.25) is 9.59 Å². The fraction of sp³-hybridized carbons (Fsp3) is 0.595. The summed E-state index contributed by atoms with van der Waals surface area (Å²) < 4.78 is 23.5. The molecule has 0 radical (unpaired) electrons. The van der Waals surface area contributed by atoms with E-state index < -0.39 is 12.1 Å². The SMILES string of the molecule is C[C@@H]1CCCCO[C@@H](CN(C)C(=O)Nc2ccc3c(c2)OCO3)[C@H](C)CN([C@H](C)CO)C(=O)c2cc(NC(=O)C3CCCCC3)ccc2O1. The van der Waals surface area contributed by atoms with E-state index >= 15 is 0 Å². The number of hydrogen-bond acceptors (Lipinski definition) is 8. The van der Waals surface area contributed by atoms with Gasteiger partial charge in [0, 0.05) is 56.0 Å². The number of hydrogen-bond donors (Lipinski definition) is 3. The van der Waals surface area contributed by atoms with E-state index in [9.17, 15) is 19.5 Å². The van der Waals surface area contributed by atoms with E-state index in [-0.39, 0.29) is 62.3 Å². The van der Waals surface area contributed by atoms with E-state index in [0.717, 1.165) is 51.4 Å². The van der Waals surface area contributed by atoms with Gasteiger partial charge in [0.15, 0.2) is 11.5 Å². The topological polar surface area (TPSA) is 139 Å². The lowest BCUT2D eigenvalue weighted by atomic mass is 9.88. The average Bonchev–Trinajstić information content (AvgIpc) is 3.58. The molecular weight excluding hydrogens is 628 g/mol. The van der Waals surface area contributed by atoms with Crippen molar-refractivity contribution in [3.05, 3.63) is 42.0 Å². The Labute approximate surface area is 289 Å². The number of aliphatic hydroxyl groups excluding tert-OH is 1. The van der Waals surface area contributed by atoms with Gasteiger partial charge in [-0.25, -0.2) is 4.79 Å². The Balaban J connectivity index is 1.35. The quantitative estimate of drug-likeness (QED) is 0.329. The molecule has 1 saturated carbocycles. The van der Waals surface area contributed by atoms with Gasteiger partial charge in [0.05, 0.1) is 30.4 Å². The minimum atomic E-state index is -0.513. The van der Waals surface area contributed by atoms with E-state index in [4.69, 9.17) is 18.9 Å². The number of nitrogens with zero attached hydrogens (tertiary/aromatic N) is 2. The molecule has 49 heavy (non-hydrogen) atoms. The first-order valence-corrected chi connectivity index (χ1v) is 17.7. The standard InChI is InChI=1S/C37H52N4O8/c1-24-20-41(25(2)22-42)36(44)30-18-28(38-35(43)27-11-6-5-7-12-27)13-15-31(30)49-26(3)10-8-9-17-46-34(24)21-40(4)37(45)39-29-14-16-32-33(19-29)48-23-47-32/h13-16,18-19,24-27,34,42H,5-12,17,20-23H2,1-4H3,(H,38,43)(H,39,45)/t24-,25-,26-,34+/m1/s1. The molecule has 268 valence electrons. The molecule has 4 atom stereocenters. The highest BCUT2D eigenvalue weighted by molar-refractivity contribution is 6.00. The normalized spacial score (nSPS) is 22.7. The van der Waals surface area contributed by atoms with Crippen LogP contribution in [-0.2, 0) is 9.53 Å². The first-order valence-electron chi connectivity index (χ1n) is 17.7. The van der Waals surface area contributed by atoms with Gasteiger partial charge >= 0.3 is 6.03 Å². The third-order valence-electron chi connectivity index (χ3n) is 9.72. The minimum Gasteiger partial charge on any atom is -0.490 e. The molecule has 3 aliphatic rings. The average molecular weight is 681 g/mol. The Hall–Kier alpha value is -4.03. The van der Waals surface area contributed by atoms with E-state index in [1.165, 1.54) is 0 Å². The van der Waals surface area contributed by atoms with Gasteiger partial charge in [0.25, 0.3) is 5.91 Å². The molecule has 3 N–H and O–H groups in total. The summed E-state index contributed by atoms with van der Waals surface area (Å²) in [6.07, 6.45) is 6.84. The first kappa shape index (κ1) is 36.3. The second-order valence-corrected chi connectivity index (χ2v) is 13.7. The highest BCUT2D eigenvalue weighted by atomic mass is 16.7. The van der Waals surface area contributed by atoms with Crippen molar-refractivity contribution in [1.29, 1.82) is 0 Å². The second-order valence-electron chi connectivity index (χ2n) is 13.7. The Kier molecular flexibility index (Phi) is 12.6. The van der Waals surface area contributed by atoms with Crippen molar-refractivity contribution in [3.8, 4) is 17.2 Å². The molecule has 5 rings (SSSR count). The number of amides is 4. The van der Waals surface area contributed by atoms with Gasteiger partial charge in [-0.1, -0.05) is 26.2 Å². The zero-order valence-corrected chi connectivity index (χ0v) is 29.2. The van der Waals surface area contributed by atoms with Crippen molar-refractivity contribution in [2.45, 2.75) is 90.4 Å². The van der Waals surface area contributed by atoms with Gasteiger partial charge in [0.1, 0.15) is 5.75 Å². The molecule has 1 fully saturated rings. The minimum absolute atomic E-state index is 0.0249. The van der Waals surface area contributed by atoms with Gasteiger partial charge in [-0.05, 0) is 76.3 Å². The van der Waals surface area contributed by atoms with Crippen LogP contribution < -0.4 is 24.8 Å². The number of carbonyl (C=O) groups is 3. The number of nitrogens with one attached hydrogen (secondary N) is 2. The van der Waals surface area contributed by atoms with Crippen LogP contribution in [0.3, 0.4) is 0 Å². The van der Waals surface area contributed by atoms with Crippen LogP contribution in [0.25, 0.3) is 0 Å². The summed E-state index contributed by atoms with van der Waals surface area (Å²) in [5.74, 6) is 1.08. The second kappa shape index (κ2) is 17.1. The summed E-state index contributed by atoms with van der Waals surface area (Å²) in [5, 5.41) is 16.2. The Bertz CT molecular complexity index is 1450. The summed E-state index contributed by atoms with van der Waals surface area (Å²) in [6.45, 7) is 6.70. The predicted octanol–water partition coefficient (Wildman–Crippen LogP) is 5.89. The third kappa shape index (κ3) is 9.57. The summed E-state index contributed by atoms with van der Waals surface area (Å²) in [7, 11) is 1.71. The zero-order chi connectivity index (χ0) is 34.9. The monoisotopic (exact) mass is 680 g/mol. The predicted molar refractivity (Wildman–Crippen MR) is 186 cm³/mol. The van der Waals surface area contributed by atoms with Crippen molar-refractivity contribution in [2.24, 2.45) is 11.8 Å². The van der Waals surface area contributed by atoms with Crippen LogP contribution in [0.15, 0.2) is 36.4 Å². The van der Waals surface area contributed by atoms with Crippen molar-refractivity contribution < 1.29 is 38.4 Å². The lowest BCUT2D eigenvalue weighted by molar-refractivity contribution is -0.120. The first-order chi connectivity index (χ1) is 23.6. The van der Waals surface area contributed by atoms with Crippen LogP contribution in [0.5, 0.6) is 17.2 Å². The van der Waals surface area contributed by atoms with Crippen LogP contribution in [0.4, 0.5) is 16.2 Å². The third-order valence-corrected chi connectivity index (χ3v) is 9.72. The van der Waals surface area contributed by atoms with Crippen LogP contribution in [-0.4, -0.2) is 91.1 Å². The van der Waals surface area contributed by atoms with Crippen molar-refractivity contribution in [1.82, 2.24) is 9.80 Å². The van der Waals surface area contributed by atoms with E-state index in [1.54, 1.807) is 60.2 Å². The fourth-order valence-electron chi connectivity index (χ4n) is 6.62. The molecule has 0 aromatic heterocycles. The van der Waals surface area contributed by atoms with Crippen LogP contribution >= 0.6 is 0 Å². The Morgan fingerprint density at radius 1 is 0.939 bits per heavy atom. The number of anilines is 2. The number of urea groups is 1. The fourth-order valence-corrected chi connectivity index (χ4v) is 6.62. The summed E-state index contributed by atoms with van der Waals surface area (Å²) in [5.41, 5.74) is 1.45. The molecule has 2 aromatic rings. The summed E-state index contributed by atoms with van der Waals surface area (Å²) >= 11 is 0. The Morgan fingerprint density at radius 3 is 2.39 bits per heavy atom. The van der Waals surface area contributed by atoms with Gasteiger partial charge < -0.3 is 44.5 Å². The highest BCUT2D eigenvalue weighted by Gasteiger charge is 2.31. The molecule has 12 heteroatoms.